The van der Waals surface area contributed by atoms with Crippen molar-refractivity contribution < 1.29 is 0 Å². The molecule has 124 valence electrons. The minimum Gasteiger partial charge on any atom is -0.364 e. The number of aryl methyl sites for hydroxylation is 1. The lowest BCUT2D eigenvalue weighted by atomic mass is 10.2. The molecule has 0 aromatic carbocycles. The summed E-state index contributed by atoms with van der Waals surface area (Å²) in [5.41, 5.74) is 2.65. The molecule has 3 aromatic rings. The number of hydrogen-bond acceptors (Lipinski definition) is 5. The topological polar surface area (TPSA) is 68.5 Å². The van der Waals surface area contributed by atoms with Gasteiger partial charge in [0.15, 0.2) is 0 Å². The fraction of sp³-hybridized carbons (Fsp3) is 0.333. The highest BCUT2D eigenvalue weighted by atomic mass is 15.3. The minimum atomic E-state index is 0.580. The zero-order valence-electron chi connectivity index (χ0n) is 14.3. The number of nitrogens with one attached hydrogen (secondary N) is 1. The van der Waals surface area contributed by atoms with Crippen LogP contribution in [0.5, 0.6) is 0 Å². The zero-order valence-corrected chi connectivity index (χ0v) is 14.3. The Kier molecular flexibility index (Phi) is 4.84. The van der Waals surface area contributed by atoms with Gasteiger partial charge in [0.2, 0.25) is 0 Å². The van der Waals surface area contributed by atoms with Crippen LogP contribution in [-0.2, 0) is 13.1 Å². The molecular weight excluding hydrogens is 300 g/mol. The quantitative estimate of drug-likeness (QED) is 0.754. The fourth-order valence-electron chi connectivity index (χ4n) is 2.46. The predicted octanol–water partition coefficient (Wildman–Crippen LogP) is 3.31. The van der Waals surface area contributed by atoms with Crippen LogP contribution >= 0.6 is 0 Å². The molecule has 0 spiro atoms. The van der Waals surface area contributed by atoms with Crippen molar-refractivity contribution in [1.82, 2.24) is 24.7 Å². The van der Waals surface area contributed by atoms with Crippen LogP contribution in [0, 0.1) is 12.8 Å². The molecule has 24 heavy (non-hydrogen) atoms. The molecular formula is C18H22N6. The monoisotopic (exact) mass is 322 g/mol. The van der Waals surface area contributed by atoms with Crippen molar-refractivity contribution in [2.24, 2.45) is 5.92 Å². The number of rotatable bonds is 6. The molecule has 0 atom stereocenters. The van der Waals surface area contributed by atoms with E-state index in [2.05, 4.69) is 39.2 Å². The Morgan fingerprint density at radius 1 is 1.12 bits per heavy atom. The molecule has 3 aromatic heterocycles. The van der Waals surface area contributed by atoms with E-state index in [-0.39, 0.29) is 0 Å². The SMILES string of the molecule is Cc1nc(NCc2ccn(CC(C)C)n2)cc(-c2ccccn2)n1. The van der Waals surface area contributed by atoms with Crippen LogP contribution in [0.15, 0.2) is 42.7 Å². The fourth-order valence-corrected chi connectivity index (χ4v) is 2.46. The molecule has 0 aliphatic rings. The largest absolute Gasteiger partial charge is 0.364 e. The van der Waals surface area contributed by atoms with Crippen LogP contribution < -0.4 is 5.32 Å². The normalized spacial score (nSPS) is 11.0. The lowest BCUT2D eigenvalue weighted by Crippen LogP contribution is -2.08. The number of hydrogen-bond donors (Lipinski definition) is 1. The highest BCUT2D eigenvalue weighted by Gasteiger charge is 2.06. The van der Waals surface area contributed by atoms with Gasteiger partial charge in [-0.1, -0.05) is 19.9 Å². The first-order valence-corrected chi connectivity index (χ1v) is 8.13. The Bertz CT molecular complexity index is 794. The third-order valence-electron chi connectivity index (χ3n) is 3.46. The summed E-state index contributed by atoms with van der Waals surface area (Å²) in [7, 11) is 0. The second-order valence-electron chi connectivity index (χ2n) is 6.18. The van der Waals surface area contributed by atoms with Gasteiger partial charge in [-0.3, -0.25) is 9.67 Å². The van der Waals surface area contributed by atoms with Crippen LogP contribution in [-0.4, -0.2) is 24.7 Å². The van der Waals surface area contributed by atoms with Crippen LogP contribution in [0.4, 0.5) is 5.82 Å². The summed E-state index contributed by atoms with van der Waals surface area (Å²) in [6.07, 6.45) is 3.78. The molecule has 0 amide bonds. The molecule has 0 unspecified atom stereocenters. The Morgan fingerprint density at radius 2 is 2.00 bits per heavy atom. The van der Waals surface area contributed by atoms with Gasteiger partial charge in [-0.2, -0.15) is 5.10 Å². The molecule has 3 heterocycles. The van der Waals surface area contributed by atoms with Crippen molar-refractivity contribution in [2.45, 2.75) is 33.9 Å². The van der Waals surface area contributed by atoms with Gasteiger partial charge in [-0.15, -0.1) is 0 Å². The zero-order chi connectivity index (χ0) is 16.9. The first-order valence-electron chi connectivity index (χ1n) is 8.13. The molecule has 0 radical (unpaired) electrons. The van der Waals surface area contributed by atoms with Gasteiger partial charge in [0.25, 0.3) is 0 Å². The summed E-state index contributed by atoms with van der Waals surface area (Å²) in [5, 5.41) is 7.89. The van der Waals surface area contributed by atoms with Crippen molar-refractivity contribution >= 4 is 5.82 Å². The standard InChI is InChI=1S/C18H22N6/c1-13(2)12-24-9-7-15(23-24)11-20-18-10-17(21-14(3)22-18)16-6-4-5-8-19-16/h4-10,13H,11-12H2,1-3H3,(H,20,21,22). The van der Waals surface area contributed by atoms with Crippen LogP contribution in [0.1, 0.15) is 25.4 Å². The van der Waals surface area contributed by atoms with E-state index in [4.69, 9.17) is 0 Å². The van der Waals surface area contributed by atoms with Gasteiger partial charge in [0.1, 0.15) is 11.6 Å². The van der Waals surface area contributed by atoms with Crippen molar-refractivity contribution in [1.29, 1.82) is 0 Å². The molecule has 0 fully saturated rings. The highest BCUT2D eigenvalue weighted by molar-refractivity contribution is 5.58. The number of pyridine rings is 1. The van der Waals surface area contributed by atoms with Gasteiger partial charge in [0.05, 0.1) is 23.6 Å². The maximum atomic E-state index is 4.57. The smallest absolute Gasteiger partial charge is 0.130 e. The highest BCUT2D eigenvalue weighted by Crippen LogP contribution is 2.17. The van der Waals surface area contributed by atoms with Crippen molar-refractivity contribution in [3.63, 3.8) is 0 Å². The lowest BCUT2D eigenvalue weighted by Gasteiger charge is -2.08. The lowest BCUT2D eigenvalue weighted by molar-refractivity contribution is 0.480. The second-order valence-corrected chi connectivity index (χ2v) is 6.18. The number of nitrogens with zero attached hydrogens (tertiary/aromatic N) is 5. The first kappa shape index (κ1) is 16.1. The van der Waals surface area contributed by atoms with Gasteiger partial charge in [0, 0.05) is 25.0 Å². The van der Waals surface area contributed by atoms with E-state index < -0.39 is 0 Å². The number of aromatic nitrogens is 5. The van der Waals surface area contributed by atoms with E-state index >= 15 is 0 Å². The molecule has 0 saturated carbocycles. The molecule has 0 bridgehead atoms. The average molecular weight is 322 g/mol. The Hall–Kier alpha value is -2.76. The molecule has 1 N–H and O–H groups in total. The molecule has 6 nitrogen and oxygen atoms in total. The summed E-state index contributed by atoms with van der Waals surface area (Å²) in [6.45, 7) is 7.81. The summed E-state index contributed by atoms with van der Waals surface area (Å²) in [5.74, 6) is 2.07. The number of anilines is 1. The third kappa shape index (κ3) is 4.16. The van der Waals surface area contributed by atoms with Crippen molar-refractivity contribution in [3.8, 4) is 11.4 Å². The van der Waals surface area contributed by atoms with E-state index in [1.54, 1.807) is 6.20 Å². The molecule has 6 heteroatoms. The van der Waals surface area contributed by atoms with Gasteiger partial charge >= 0.3 is 0 Å². The van der Waals surface area contributed by atoms with E-state index in [1.165, 1.54) is 0 Å². The Labute approximate surface area is 142 Å². The van der Waals surface area contributed by atoms with Crippen LogP contribution in [0.3, 0.4) is 0 Å². The maximum absolute atomic E-state index is 4.57. The van der Waals surface area contributed by atoms with Crippen LogP contribution in [0.25, 0.3) is 11.4 Å². The van der Waals surface area contributed by atoms with E-state index in [0.717, 1.165) is 29.4 Å². The summed E-state index contributed by atoms with van der Waals surface area (Å²) < 4.78 is 1.98. The van der Waals surface area contributed by atoms with E-state index in [1.807, 2.05) is 48.1 Å². The molecule has 3 rings (SSSR count). The molecule has 0 aliphatic carbocycles. The van der Waals surface area contributed by atoms with Crippen molar-refractivity contribution in [3.05, 3.63) is 54.2 Å². The maximum Gasteiger partial charge on any atom is 0.130 e. The molecule has 0 aliphatic heterocycles. The van der Waals surface area contributed by atoms with Crippen molar-refractivity contribution in [2.75, 3.05) is 5.32 Å². The van der Waals surface area contributed by atoms with Gasteiger partial charge in [-0.05, 0) is 31.0 Å². The van der Waals surface area contributed by atoms with Crippen LogP contribution in [0.2, 0.25) is 0 Å². The summed E-state index contributed by atoms with van der Waals surface area (Å²) >= 11 is 0. The Morgan fingerprint density at radius 3 is 2.75 bits per heavy atom. The van der Waals surface area contributed by atoms with Gasteiger partial charge in [-0.25, -0.2) is 9.97 Å². The summed E-state index contributed by atoms with van der Waals surface area (Å²) in [6, 6.07) is 9.74. The predicted molar refractivity (Wildman–Crippen MR) is 94.4 cm³/mol. The third-order valence-corrected chi connectivity index (χ3v) is 3.46. The second kappa shape index (κ2) is 7.21. The first-order chi connectivity index (χ1) is 11.6. The summed E-state index contributed by atoms with van der Waals surface area (Å²) in [4.78, 5) is 13.3. The van der Waals surface area contributed by atoms with E-state index in [9.17, 15) is 0 Å². The Balaban J connectivity index is 1.71. The average Bonchev–Trinajstić information content (AvgIpc) is 3.00. The minimum absolute atomic E-state index is 0.580. The van der Waals surface area contributed by atoms with Gasteiger partial charge < -0.3 is 5.32 Å². The van der Waals surface area contributed by atoms with E-state index in [0.29, 0.717) is 18.3 Å². The molecule has 0 saturated heterocycles.